The van der Waals surface area contributed by atoms with Crippen molar-refractivity contribution in [2.24, 2.45) is 0 Å². The van der Waals surface area contributed by atoms with Crippen LogP contribution >= 0.6 is 0 Å². The molecule has 0 saturated carbocycles. The minimum Gasteiger partial charge on any atom is -0.385 e. The Morgan fingerprint density at radius 1 is 1.24 bits per heavy atom. The minimum atomic E-state index is -3.81. The lowest BCUT2D eigenvalue weighted by Gasteiger charge is -2.30. The van der Waals surface area contributed by atoms with Crippen LogP contribution in [0.15, 0.2) is 30.3 Å². The molecule has 10 heteroatoms. The van der Waals surface area contributed by atoms with Gasteiger partial charge in [-0.25, -0.2) is 14.4 Å². The van der Waals surface area contributed by atoms with Crippen molar-refractivity contribution in [3.05, 3.63) is 58.7 Å². The lowest BCUT2D eigenvalue weighted by molar-refractivity contribution is -0.170. The van der Waals surface area contributed by atoms with E-state index in [1.807, 2.05) is 19.1 Å². The van der Waals surface area contributed by atoms with Crippen LogP contribution in [0, 0.1) is 12.7 Å². The molecule has 0 fully saturated rings. The fourth-order valence-corrected chi connectivity index (χ4v) is 4.99. The summed E-state index contributed by atoms with van der Waals surface area (Å²) in [6, 6.07) is 6.66. The number of ether oxygens (including phenoxy) is 1. The Hall–Kier alpha value is -3.24. The number of aliphatic hydroxyl groups is 1. The number of nitrogens with one attached hydrogen (secondary N) is 1. The quantitative estimate of drug-likeness (QED) is 0.407. The number of benzene rings is 2. The Kier molecular flexibility index (Phi) is 6.95. The van der Waals surface area contributed by atoms with Crippen LogP contribution in [-0.4, -0.2) is 47.3 Å². The molecule has 1 aromatic heterocycles. The van der Waals surface area contributed by atoms with Gasteiger partial charge in [0.15, 0.2) is 0 Å². The summed E-state index contributed by atoms with van der Waals surface area (Å²) in [5.74, 6) is -4.13. The van der Waals surface area contributed by atoms with Gasteiger partial charge in [0.2, 0.25) is 5.91 Å². The Labute approximate surface area is 220 Å². The van der Waals surface area contributed by atoms with Crippen molar-refractivity contribution >= 4 is 28.3 Å². The van der Waals surface area contributed by atoms with Crippen LogP contribution in [0.3, 0.4) is 0 Å². The van der Waals surface area contributed by atoms with E-state index in [9.17, 15) is 18.7 Å². The normalized spacial score (nSPS) is 18.7. The summed E-state index contributed by atoms with van der Waals surface area (Å²) in [6.07, 6.45) is 0.502. The van der Waals surface area contributed by atoms with Gasteiger partial charge in [0.25, 0.3) is 0 Å². The number of hydrogen-bond acceptors (Lipinski definition) is 6. The molecule has 4 rings (SSSR count). The maximum Gasteiger partial charge on any atom is 0.303 e. The monoisotopic (exact) mass is 530 g/mol. The molecule has 2 heterocycles. The van der Waals surface area contributed by atoms with Gasteiger partial charge in [-0.05, 0) is 64.8 Å². The maximum atomic E-state index is 15.4. The summed E-state index contributed by atoms with van der Waals surface area (Å²) in [5.41, 5.74) is -1.97. The van der Waals surface area contributed by atoms with Crippen molar-refractivity contribution < 1.29 is 27.8 Å². The largest absolute Gasteiger partial charge is 0.385 e. The highest BCUT2D eigenvalue weighted by Crippen LogP contribution is 2.46. The molecule has 2 N–H and O–H groups in total. The third kappa shape index (κ3) is 4.39. The number of hydrogen-bond donors (Lipinski definition) is 2. The topological polar surface area (TPSA) is 87.6 Å². The first-order valence-corrected chi connectivity index (χ1v) is 12.4. The highest BCUT2D eigenvalue weighted by molar-refractivity contribution is 6.10. The lowest BCUT2D eigenvalue weighted by Crippen LogP contribution is -2.41. The summed E-state index contributed by atoms with van der Waals surface area (Å²) in [6.45, 7) is 7.54. The van der Waals surface area contributed by atoms with Gasteiger partial charge in [-0.2, -0.15) is 8.78 Å². The second kappa shape index (κ2) is 9.50. The first-order valence-electron chi connectivity index (χ1n) is 12.4. The summed E-state index contributed by atoms with van der Waals surface area (Å²) in [5, 5.41) is 13.7. The van der Waals surface area contributed by atoms with Crippen LogP contribution < -0.4 is 10.2 Å². The van der Waals surface area contributed by atoms with Crippen LogP contribution in [-0.2, 0) is 20.9 Å². The van der Waals surface area contributed by atoms with Crippen LogP contribution in [0.1, 0.15) is 62.7 Å². The molecule has 1 aliphatic heterocycles. The summed E-state index contributed by atoms with van der Waals surface area (Å²) < 4.78 is 50.3. The third-order valence-electron chi connectivity index (χ3n) is 7.42. The minimum absolute atomic E-state index is 0.00330. The molecule has 2 aromatic carbocycles. The van der Waals surface area contributed by atoms with E-state index >= 15 is 4.39 Å². The standard InChI is InChI=1S/C28H33F3N4O3/c1-15(17-9-8-10-19(23(17)29)28(30,31)26(3,4)37)32-24-18-13-22-20(14-21(18)33-16(2)34-24)27(5,11-12-38-7)25(36)35(22)6/h8-10,13-15,37H,11-12H2,1-7H3,(H,32,33,34)/t15-,27?/m1/s1. The molecule has 3 aromatic rings. The number of carbonyl (C=O) groups is 1. The first kappa shape index (κ1) is 27.8. The molecule has 1 amide bonds. The van der Waals surface area contributed by atoms with E-state index in [0.29, 0.717) is 41.3 Å². The van der Waals surface area contributed by atoms with Gasteiger partial charge in [-0.15, -0.1) is 0 Å². The number of fused-ring (bicyclic) bond motifs is 2. The Balaban J connectivity index is 1.78. The molecule has 2 atom stereocenters. The number of halogens is 3. The van der Waals surface area contributed by atoms with Crippen LogP contribution in [0.5, 0.6) is 0 Å². The van der Waals surface area contributed by atoms with E-state index in [4.69, 9.17) is 4.74 Å². The van der Waals surface area contributed by atoms with Gasteiger partial charge in [-0.1, -0.05) is 12.1 Å². The van der Waals surface area contributed by atoms with E-state index < -0.39 is 34.4 Å². The second-order valence-corrected chi connectivity index (χ2v) is 10.7. The predicted octanol–water partition coefficient (Wildman–Crippen LogP) is 5.38. The second-order valence-electron chi connectivity index (χ2n) is 10.7. The number of rotatable bonds is 8. The highest BCUT2D eigenvalue weighted by atomic mass is 19.3. The number of anilines is 2. The molecule has 204 valence electrons. The van der Waals surface area contributed by atoms with Crippen molar-refractivity contribution in [3.63, 3.8) is 0 Å². The third-order valence-corrected chi connectivity index (χ3v) is 7.42. The van der Waals surface area contributed by atoms with Crippen molar-refractivity contribution in [1.82, 2.24) is 9.97 Å². The average molecular weight is 531 g/mol. The Morgan fingerprint density at radius 2 is 1.92 bits per heavy atom. The fraction of sp³-hybridized carbons (Fsp3) is 0.464. The molecule has 7 nitrogen and oxygen atoms in total. The van der Waals surface area contributed by atoms with E-state index in [1.165, 1.54) is 12.1 Å². The smallest absolute Gasteiger partial charge is 0.303 e. The van der Waals surface area contributed by atoms with Crippen molar-refractivity contribution in [2.75, 3.05) is 31.0 Å². The summed E-state index contributed by atoms with van der Waals surface area (Å²) >= 11 is 0. The van der Waals surface area contributed by atoms with Crippen molar-refractivity contribution in [1.29, 1.82) is 0 Å². The number of alkyl halides is 2. The van der Waals surface area contributed by atoms with Gasteiger partial charge in [0.05, 0.1) is 22.5 Å². The number of aromatic nitrogens is 2. The van der Waals surface area contributed by atoms with E-state index in [0.717, 1.165) is 25.5 Å². The Bertz CT molecular complexity index is 1410. The molecule has 0 radical (unpaired) electrons. The number of likely N-dealkylation sites (N-methyl/N-ethyl adjacent to an activating group) is 1. The van der Waals surface area contributed by atoms with Crippen LogP contribution in [0.2, 0.25) is 0 Å². The van der Waals surface area contributed by atoms with E-state index in [1.54, 1.807) is 32.9 Å². The number of nitrogens with zero attached hydrogens (tertiary/aromatic N) is 3. The van der Waals surface area contributed by atoms with Crippen LogP contribution in [0.25, 0.3) is 10.9 Å². The summed E-state index contributed by atoms with van der Waals surface area (Å²) in [7, 11) is 3.30. The van der Waals surface area contributed by atoms with Gasteiger partial charge in [0.1, 0.15) is 23.1 Å². The molecule has 1 unspecified atom stereocenters. The zero-order chi connectivity index (χ0) is 28.2. The predicted molar refractivity (Wildman–Crippen MR) is 140 cm³/mol. The zero-order valence-corrected chi connectivity index (χ0v) is 22.6. The van der Waals surface area contributed by atoms with Gasteiger partial charge < -0.3 is 20.1 Å². The lowest BCUT2D eigenvalue weighted by atomic mass is 9.80. The van der Waals surface area contributed by atoms with Gasteiger partial charge >= 0.3 is 5.92 Å². The summed E-state index contributed by atoms with van der Waals surface area (Å²) in [4.78, 5) is 23.9. The van der Waals surface area contributed by atoms with Crippen molar-refractivity contribution in [3.8, 4) is 0 Å². The van der Waals surface area contributed by atoms with Gasteiger partial charge in [0, 0.05) is 37.4 Å². The molecule has 0 aliphatic carbocycles. The molecule has 0 spiro atoms. The molecular formula is C28H33F3N4O3. The molecule has 0 bridgehead atoms. The zero-order valence-electron chi connectivity index (χ0n) is 22.6. The number of methoxy groups -OCH3 is 1. The number of amides is 1. The maximum absolute atomic E-state index is 15.4. The molecule has 0 saturated heterocycles. The highest BCUT2D eigenvalue weighted by Gasteiger charge is 2.49. The number of carbonyl (C=O) groups excluding carboxylic acids is 1. The van der Waals surface area contributed by atoms with Gasteiger partial charge in [-0.3, -0.25) is 4.79 Å². The van der Waals surface area contributed by atoms with E-state index in [-0.39, 0.29) is 11.5 Å². The number of aryl methyl sites for hydroxylation is 1. The van der Waals surface area contributed by atoms with Crippen LogP contribution in [0.4, 0.5) is 24.7 Å². The molecule has 38 heavy (non-hydrogen) atoms. The van der Waals surface area contributed by atoms with E-state index in [2.05, 4.69) is 15.3 Å². The molecule has 1 aliphatic rings. The SMILES string of the molecule is COCCC1(C)C(=O)N(C)c2cc3c(N[C@H](C)c4cccc(C(F)(F)C(C)(C)O)c4F)nc(C)nc3cc21. The molecular weight excluding hydrogens is 497 g/mol. The first-order chi connectivity index (χ1) is 17.6. The van der Waals surface area contributed by atoms with Crippen molar-refractivity contribution in [2.45, 2.75) is 64.0 Å². The Morgan fingerprint density at radius 3 is 2.55 bits per heavy atom. The average Bonchev–Trinajstić information content (AvgIpc) is 3.01. The fourth-order valence-electron chi connectivity index (χ4n) is 4.99.